The highest BCUT2D eigenvalue weighted by Crippen LogP contribution is 2.36. The number of hydrogen-bond donors (Lipinski definition) is 0. The van der Waals surface area contributed by atoms with Gasteiger partial charge < -0.3 is 9.47 Å². The quantitative estimate of drug-likeness (QED) is 0.862. The highest BCUT2D eigenvalue weighted by Gasteiger charge is 2.48. The van der Waals surface area contributed by atoms with E-state index in [9.17, 15) is 4.39 Å². The Balaban J connectivity index is 1.34. The second-order valence-corrected chi connectivity index (χ2v) is 6.56. The molecule has 2 saturated heterocycles. The van der Waals surface area contributed by atoms with Crippen molar-refractivity contribution in [3.63, 3.8) is 0 Å². The second-order valence-electron chi connectivity index (χ2n) is 6.56. The smallest absolute Gasteiger partial charge is 0.250 e. The Morgan fingerprint density at radius 2 is 2.08 bits per heavy atom. The molecule has 0 unspecified atom stereocenters. The van der Waals surface area contributed by atoms with Gasteiger partial charge >= 0.3 is 0 Å². The molecule has 126 valence electrons. The maximum atomic E-state index is 13.7. The van der Waals surface area contributed by atoms with Crippen LogP contribution < -0.4 is 4.74 Å². The lowest BCUT2D eigenvalue weighted by atomic mass is 9.84. The first-order valence-corrected chi connectivity index (χ1v) is 8.25. The summed E-state index contributed by atoms with van der Waals surface area (Å²) in [6.07, 6.45) is 6.66. The topological polar surface area (TPSA) is 47.5 Å². The van der Waals surface area contributed by atoms with E-state index in [1.54, 1.807) is 12.3 Å². The number of halogens is 1. The fourth-order valence-electron chi connectivity index (χ4n) is 3.55. The summed E-state index contributed by atoms with van der Waals surface area (Å²) in [6.45, 7) is 3.29. The van der Waals surface area contributed by atoms with Crippen molar-refractivity contribution in [1.82, 2.24) is 14.9 Å². The average molecular weight is 329 g/mol. The predicted molar refractivity (Wildman–Crippen MR) is 86.0 cm³/mol. The van der Waals surface area contributed by atoms with Crippen LogP contribution in [-0.2, 0) is 11.3 Å². The van der Waals surface area contributed by atoms with Crippen molar-refractivity contribution < 1.29 is 13.9 Å². The Hall–Kier alpha value is -2.05. The van der Waals surface area contributed by atoms with E-state index < -0.39 is 5.82 Å². The minimum Gasteiger partial charge on any atom is -0.472 e. The van der Waals surface area contributed by atoms with Crippen LogP contribution in [0.5, 0.6) is 5.88 Å². The molecule has 2 aromatic heterocycles. The van der Waals surface area contributed by atoms with Crippen LogP contribution >= 0.6 is 0 Å². The molecule has 5 nitrogen and oxygen atoms in total. The van der Waals surface area contributed by atoms with Gasteiger partial charge in [-0.2, -0.15) is 0 Å². The summed E-state index contributed by atoms with van der Waals surface area (Å²) in [5.74, 6) is -0.321. The van der Waals surface area contributed by atoms with Gasteiger partial charge in [-0.25, -0.2) is 9.37 Å². The molecular weight excluding hydrogens is 309 g/mol. The molecule has 4 heterocycles. The van der Waals surface area contributed by atoms with E-state index in [1.165, 1.54) is 11.6 Å². The highest BCUT2D eigenvalue weighted by atomic mass is 19.1. The fourth-order valence-corrected chi connectivity index (χ4v) is 3.55. The molecule has 0 bridgehead atoms. The molecule has 2 aliphatic rings. The molecule has 4 rings (SSSR count). The standard InChI is InChI=1S/C18H20FN3O2/c19-16-2-1-6-21-17(16)24-15-5-9-23-18(10-15)12-22(13-18)11-14-3-7-20-8-4-14/h1-4,6-8,15H,5,9-13H2/t15-/m1/s1. The minimum absolute atomic E-state index is 0.0498. The van der Waals surface area contributed by atoms with Crippen LogP contribution in [0.1, 0.15) is 18.4 Å². The van der Waals surface area contributed by atoms with Crippen LogP contribution in [0, 0.1) is 5.82 Å². The number of rotatable bonds is 4. The zero-order valence-corrected chi connectivity index (χ0v) is 13.4. The lowest BCUT2D eigenvalue weighted by molar-refractivity contribution is -0.188. The van der Waals surface area contributed by atoms with Crippen molar-refractivity contribution in [2.24, 2.45) is 0 Å². The van der Waals surface area contributed by atoms with Crippen molar-refractivity contribution in [2.45, 2.75) is 31.1 Å². The van der Waals surface area contributed by atoms with Gasteiger partial charge in [0.05, 0.1) is 12.2 Å². The lowest BCUT2D eigenvalue weighted by Gasteiger charge is -2.53. The summed E-state index contributed by atoms with van der Waals surface area (Å²) in [6, 6.07) is 7.00. The molecule has 0 amide bonds. The van der Waals surface area contributed by atoms with Gasteiger partial charge in [-0.15, -0.1) is 0 Å². The van der Waals surface area contributed by atoms with E-state index in [4.69, 9.17) is 9.47 Å². The van der Waals surface area contributed by atoms with Gasteiger partial charge in [0.2, 0.25) is 0 Å². The molecule has 0 radical (unpaired) electrons. The van der Waals surface area contributed by atoms with Crippen LogP contribution in [-0.4, -0.2) is 46.3 Å². The molecule has 0 aliphatic carbocycles. The number of likely N-dealkylation sites (tertiary alicyclic amines) is 1. The Bertz CT molecular complexity index is 692. The van der Waals surface area contributed by atoms with Crippen LogP contribution in [0.25, 0.3) is 0 Å². The second kappa shape index (κ2) is 6.45. The predicted octanol–water partition coefficient (Wildman–Crippen LogP) is 2.43. The van der Waals surface area contributed by atoms with Crippen molar-refractivity contribution >= 4 is 0 Å². The van der Waals surface area contributed by atoms with Gasteiger partial charge in [-0.1, -0.05) is 0 Å². The zero-order valence-electron chi connectivity index (χ0n) is 13.4. The molecule has 0 saturated carbocycles. The van der Waals surface area contributed by atoms with Gasteiger partial charge in [-0.05, 0) is 29.8 Å². The molecule has 2 aliphatic heterocycles. The first kappa shape index (κ1) is 15.5. The van der Waals surface area contributed by atoms with Gasteiger partial charge in [0.15, 0.2) is 5.82 Å². The largest absolute Gasteiger partial charge is 0.472 e. The molecule has 1 spiro atoms. The molecule has 2 aromatic rings. The summed E-state index contributed by atoms with van der Waals surface area (Å²) < 4.78 is 25.5. The van der Waals surface area contributed by atoms with Crippen molar-refractivity contribution in [3.8, 4) is 5.88 Å². The average Bonchev–Trinajstić information content (AvgIpc) is 2.57. The highest BCUT2D eigenvalue weighted by molar-refractivity contribution is 5.15. The van der Waals surface area contributed by atoms with E-state index in [0.29, 0.717) is 6.61 Å². The third-order valence-electron chi connectivity index (χ3n) is 4.63. The van der Waals surface area contributed by atoms with Crippen LogP contribution in [0.3, 0.4) is 0 Å². The first-order valence-electron chi connectivity index (χ1n) is 8.25. The summed E-state index contributed by atoms with van der Waals surface area (Å²) in [5.41, 5.74) is 1.08. The van der Waals surface area contributed by atoms with E-state index in [-0.39, 0.29) is 17.6 Å². The molecule has 0 aromatic carbocycles. The summed E-state index contributed by atoms with van der Waals surface area (Å²) >= 11 is 0. The number of hydrogen-bond acceptors (Lipinski definition) is 5. The third kappa shape index (κ3) is 3.25. The molecule has 1 atom stereocenters. The zero-order chi connectivity index (χ0) is 16.4. The number of pyridine rings is 2. The van der Waals surface area contributed by atoms with E-state index >= 15 is 0 Å². The summed E-state index contributed by atoms with van der Waals surface area (Å²) in [7, 11) is 0. The third-order valence-corrected chi connectivity index (χ3v) is 4.63. The maximum absolute atomic E-state index is 13.7. The number of aromatic nitrogens is 2. The fraction of sp³-hybridized carbons (Fsp3) is 0.444. The van der Waals surface area contributed by atoms with E-state index in [0.717, 1.165) is 32.5 Å². The summed E-state index contributed by atoms with van der Waals surface area (Å²) in [5, 5.41) is 0. The van der Waals surface area contributed by atoms with E-state index in [1.807, 2.05) is 24.5 Å². The van der Waals surface area contributed by atoms with Crippen molar-refractivity contribution in [1.29, 1.82) is 0 Å². The molecule has 24 heavy (non-hydrogen) atoms. The monoisotopic (exact) mass is 329 g/mol. The van der Waals surface area contributed by atoms with Crippen LogP contribution in [0.2, 0.25) is 0 Å². The summed E-state index contributed by atoms with van der Waals surface area (Å²) in [4.78, 5) is 10.4. The molecule has 2 fully saturated rings. The molecule has 0 N–H and O–H groups in total. The normalized spacial score (nSPS) is 23.0. The van der Waals surface area contributed by atoms with Gasteiger partial charge in [0.1, 0.15) is 6.10 Å². The van der Waals surface area contributed by atoms with Crippen LogP contribution in [0.4, 0.5) is 4.39 Å². The Morgan fingerprint density at radius 3 is 2.88 bits per heavy atom. The lowest BCUT2D eigenvalue weighted by Crippen LogP contribution is -2.65. The van der Waals surface area contributed by atoms with Gasteiger partial charge in [-0.3, -0.25) is 9.88 Å². The van der Waals surface area contributed by atoms with Crippen LogP contribution in [0.15, 0.2) is 42.9 Å². The maximum Gasteiger partial charge on any atom is 0.250 e. The van der Waals surface area contributed by atoms with Crippen molar-refractivity contribution in [3.05, 3.63) is 54.2 Å². The molecule has 6 heteroatoms. The minimum atomic E-state index is -0.411. The number of ether oxygens (including phenoxy) is 2. The number of nitrogens with zero attached hydrogens (tertiary/aromatic N) is 3. The Labute approximate surface area is 140 Å². The Kier molecular flexibility index (Phi) is 4.16. The Morgan fingerprint density at radius 1 is 1.25 bits per heavy atom. The van der Waals surface area contributed by atoms with Gasteiger partial charge in [0.25, 0.3) is 5.88 Å². The first-order chi connectivity index (χ1) is 11.7. The van der Waals surface area contributed by atoms with E-state index in [2.05, 4.69) is 14.9 Å². The molecular formula is C18H20FN3O2. The SMILES string of the molecule is Fc1cccnc1O[C@@H]1CCOC2(C1)CN(Cc1ccncc1)C2. The van der Waals surface area contributed by atoms with Crippen molar-refractivity contribution in [2.75, 3.05) is 19.7 Å². The van der Waals surface area contributed by atoms with Gasteiger partial charge in [0, 0.05) is 51.1 Å².